The first-order chi connectivity index (χ1) is 10.7. The lowest BCUT2D eigenvalue weighted by atomic mass is 10.2. The molecule has 0 saturated heterocycles. The van der Waals surface area contributed by atoms with Crippen molar-refractivity contribution < 1.29 is 0 Å². The molecule has 0 atom stereocenters. The Bertz CT molecular complexity index is 903. The number of tetrazole rings is 1. The minimum atomic E-state index is -0.168. The third-order valence-corrected chi connectivity index (χ3v) is 4.59. The van der Waals surface area contributed by atoms with Crippen molar-refractivity contribution >= 4 is 34.3 Å². The number of hydrogen-bond donors (Lipinski definition) is 1. The number of H-pyrrole nitrogens is 1. The molecule has 3 aromatic rings. The summed E-state index contributed by atoms with van der Waals surface area (Å²) in [5, 5.41) is 13.5. The molecule has 9 heteroatoms. The molecule has 4 rings (SSSR count). The van der Waals surface area contributed by atoms with Crippen LogP contribution in [0, 0.1) is 0 Å². The maximum Gasteiger partial charge on any atom is 0.258 e. The molecular formula is C13H11ClN6OS. The fraction of sp³-hybridized carbons (Fsp3) is 0.308. The summed E-state index contributed by atoms with van der Waals surface area (Å²) >= 11 is 7.41. The van der Waals surface area contributed by atoms with Crippen LogP contribution in [-0.4, -0.2) is 30.2 Å². The predicted octanol–water partition coefficient (Wildman–Crippen LogP) is 2.19. The standard InChI is InChI=1S/C13H11ClN6OS/c14-7-1-4-9-10(5-7)15-11(16-12(9)21)6-22-13-17-18-19-20(13)8-2-3-8/h1,4-5,8H,2-3,6H2,(H,15,16,21). The fourth-order valence-electron chi connectivity index (χ4n) is 2.19. The van der Waals surface area contributed by atoms with Crippen LogP contribution in [0.5, 0.6) is 0 Å². The summed E-state index contributed by atoms with van der Waals surface area (Å²) < 4.78 is 1.83. The van der Waals surface area contributed by atoms with Gasteiger partial charge in [0.2, 0.25) is 5.16 Å². The topological polar surface area (TPSA) is 89.4 Å². The number of benzene rings is 1. The van der Waals surface area contributed by atoms with E-state index < -0.39 is 0 Å². The molecule has 1 aromatic carbocycles. The van der Waals surface area contributed by atoms with E-state index in [1.54, 1.807) is 18.2 Å². The van der Waals surface area contributed by atoms with Crippen LogP contribution in [0.1, 0.15) is 24.7 Å². The number of fused-ring (bicyclic) bond motifs is 1. The number of rotatable bonds is 4. The molecule has 1 saturated carbocycles. The molecule has 2 aromatic heterocycles. The first-order valence-corrected chi connectivity index (χ1v) is 8.16. The molecule has 112 valence electrons. The van der Waals surface area contributed by atoms with Crippen LogP contribution >= 0.6 is 23.4 Å². The van der Waals surface area contributed by atoms with Gasteiger partial charge >= 0.3 is 0 Å². The molecule has 0 aliphatic heterocycles. The van der Waals surface area contributed by atoms with Crippen LogP contribution < -0.4 is 5.56 Å². The summed E-state index contributed by atoms with van der Waals surface area (Å²) in [5.74, 6) is 1.07. The Balaban J connectivity index is 1.61. The van der Waals surface area contributed by atoms with E-state index in [1.165, 1.54) is 11.8 Å². The summed E-state index contributed by atoms with van der Waals surface area (Å²) in [6.07, 6.45) is 2.23. The Labute approximate surface area is 134 Å². The zero-order valence-electron chi connectivity index (χ0n) is 11.4. The van der Waals surface area contributed by atoms with E-state index in [9.17, 15) is 4.79 Å². The van der Waals surface area contributed by atoms with Gasteiger partial charge in [0.05, 0.1) is 22.7 Å². The molecule has 0 unspecified atom stereocenters. The van der Waals surface area contributed by atoms with Crippen molar-refractivity contribution in [3.63, 3.8) is 0 Å². The monoisotopic (exact) mass is 334 g/mol. The van der Waals surface area contributed by atoms with Crippen molar-refractivity contribution in [3.8, 4) is 0 Å². The second kappa shape index (κ2) is 5.36. The largest absolute Gasteiger partial charge is 0.309 e. The van der Waals surface area contributed by atoms with Gasteiger partial charge in [0.25, 0.3) is 5.56 Å². The molecule has 0 amide bonds. The fourth-order valence-corrected chi connectivity index (χ4v) is 3.17. The van der Waals surface area contributed by atoms with Gasteiger partial charge in [-0.25, -0.2) is 9.67 Å². The van der Waals surface area contributed by atoms with E-state index in [4.69, 9.17) is 11.6 Å². The number of aromatic nitrogens is 6. The normalized spacial score (nSPS) is 14.6. The van der Waals surface area contributed by atoms with Crippen LogP contribution in [-0.2, 0) is 5.75 Å². The quantitative estimate of drug-likeness (QED) is 0.736. The molecule has 2 heterocycles. The lowest BCUT2D eigenvalue weighted by molar-refractivity contribution is 0.565. The van der Waals surface area contributed by atoms with Crippen molar-refractivity contribution in [1.29, 1.82) is 0 Å². The van der Waals surface area contributed by atoms with Crippen LogP contribution in [0.3, 0.4) is 0 Å². The molecular weight excluding hydrogens is 324 g/mol. The molecule has 1 fully saturated rings. The molecule has 0 spiro atoms. The Morgan fingerprint density at radius 3 is 3.09 bits per heavy atom. The van der Waals surface area contributed by atoms with Crippen molar-refractivity contribution in [2.45, 2.75) is 29.8 Å². The van der Waals surface area contributed by atoms with Crippen molar-refractivity contribution in [2.24, 2.45) is 0 Å². The van der Waals surface area contributed by atoms with E-state index in [-0.39, 0.29) is 5.56 Å². The Morgan fingerprint density at radius 2 is 2.27 bits per heavy atom. The third kappa shape index (κ3) is 2.59. The van der Waals surface area contributed by atoms with Gasteiger partial charge in [0.1, 0.15) is 5.82 Å². The molecule has 1 aliphatic carbocycles. The zero-order valence-corrected chi connectivity index (χ0v) is 12.9. The first-order valence-electron chi connectivity index (χ1n) is 6.80. The van der Waals surface area contributed by atoms with Gasteiger partial charge in [0, 0.05) is 5.02 Å². The third-order valence-electron chi connectivity index (χ3n) is 3.41. The predicted molar refractivity (Wildman–Crippen MR) is 83.0 cm³/mol. The van der Waals surface area contributed by atoms with Gasteiger partial charge < -0.3 is 4.98 Å². The summed E-state index contributed by atoms with van der Waals surface area (Å²) in [6.45, 7) is 0. The maximum absolute atomic E-state index is 12.1. The number of aromatic amines is 1. The molecule has 1 aliphatic rings. The van der Waals surface area contributed by atoms with E-state index in [0.29, 0.717) is 33.5 Å². The first kappa shape index (κ1) is 13.7. The van der Waals surface area contributed by atoms with Gasteiger partial charge in [-0.1, -0.05) is 23.4 Å². The van der Waals surface area contributed by atoms with Gasteiger partial charge in [-0.3, -0.25) is 4.79 Å². The van der Waals surface area contributed by atoms with Gasteiger partial charge in [-0.15, -0.1) is 5.10 Å². The summed E-state index contributed by atoms with van der Waals surface area (Å²) in [4.78, 5) is 19.3. The molecule has 0 radical (unpaired) electrons. The van der Waals surface area contributed by atoms with Crippen LogP contribution in [0.25, 0.3) is 10.9 Å². The molecule has 22 heavy (non-hydrogen) atoms. The average Bonchev–Trinajstić information content (AvgIpc) is 3.23. The Morgan fingerprint density at radius 1 is 1.41 bits per heavy atom. The highest BCUT2D eigenvalue weighted by molar-refractivity contribution is 7.98. The maximum atomic E-state index is 12.1. The van der Waals surface area contributed by atoms with Crippen molar-refractivity contribution in [2.75, 3.05) is 0 Å². The summed E-state index contributed by atoms with van der Waals surface area (Å²) in [6, 6.07) is 5.46. The highest BCUT2D eigenvalue weighted by atomic mass is 35.5. The van der Waals surface area contributed by atoms with Crippen LogP contribution in [0.2, 0.25) is 5.02 Å². The second-order valence-electron chi connectivity index (χ2n) is 5.10. The van der Waals surface area contributed by atoms with Crippen LogP contribution in [0.15, 0.2) is 28.2 Å². The van der Waals surface area contributed by atoms with Gasteiger partial charge in [-0.2, -0.15) is 0 Å². The SMILES string of the molecule is O=c1[nH]c(CSc2nnnn2C2CC2)nc2cc(Cl)ccc12. The van der Waals surface area contributed by atoms with E-state index in [2.05, 4.69) is 25.5 Å². The molecule has 0 bridgehead atoms. The smallest absolute Gasteiger partial charge is 0.258 e. The Hall–Kier alpha value is -1.93. The van der Waals surface area contributed by atoms with E-state index in [1.807, 2.05) is 4.68 Å². The number of hydrogen-bond acceptors (Lipinski definition) is 6. The number of nitrogens with zero attached hydrogens (tertiary/aromatic N) is 5. The van der Waals surface area contributed by atoms with Gasteiger partial charge in [-0.05, 0) is 41.5 Å². The van der Waals surface area contributed by atoms with E-state index in [0.717, 1.165) is 18.0 Å². The number of thioether (sulfide) groups is 1. The highest BCUT2D eigenvalue weighted by Crippen LogP contribution is 2.36. The lowest BCUT2D eigenvalue weighted by Crippen LogP contribution is -2.11. The second-order valence-corrected chi connectivity index (χ2v) is 6.48. The van der Waals surface area contributed by atoms with Crippen molar-refractivity contribution in [3.05, 3.63) is 39.4 Å². The summed E-state index contributed by atoms with van der Waals surface area (Å²) in [7, 11) is 0. The van der Waals surface area contributed by atoms with Crippen molar-refractivity contribution in [1.82, 2.24) is 30.2 Å². The average molecular weight is 335 g/mol. The number of nitrogens with one attached hydrogen (secondary N) is 1. The molecule has 1 N–H and O–H groups in total. The minimum Gasteiger partial charge on any atom is -0.309 e. The number of halogens is 1. The molecule has 7 nitrogen and oxygen atoms in total. The van der Waals surface area contributed by atoms with Gasteiger partial charge in [0.15, 0.2) is 0 Å². The zero-order chi connectivity index (χ0) is 15.1. The lowest BCUT2D eigenvalue weighted by Gasteiger charge is -2.04. The summed E-state index contributed by atoms with van der Waals surface area (Å²) in [5.41, 5.74) is 0.424. The Kier molecular flexibility index (Phi) is 3.34. The van der Waals surface area contributed by atoms with Crippen LogP contribution in [0.4, 0.5) is 0 Å². The highest BCUT2D eigenvalue weighted by Gasteiger charge is 2.27. The van der Waals surface area contributed by atoms with E-state index >= 15 is 0 Å². The minimum absolute atomic E-state index is 0.168.